The van der Waals surface area contributed by atoms with E-state index in [1.165, 1.54) is 13.0 Å². The molecular formula is C15H21FN4O3. The number of halogens is 1. The van der Waals surface area contributed by atoms with Crippen molar-refractivity contribution in [3.05, 3.63) is 29.6 Å². The van der Waals surface area contributed by atoms with Crippen LogP contribution in [0.25, 0.3) is 0 Å². The average molecular weight is 324 g/mol. The predicted molar refractivity (Wildman–Crippen MR) is 84.4 cm³/mol. The standard InChI is InChI=1S/C15H21FN4O3/c1-4-8(2)18-14(22)9(3)19-15(23)20-10-5-6-12(16)11(7-10)13(17)21/h5-9H,4H2,1-3H3,(H2,17,21)(H,18,22)(H2,19,20,23). The highest BCUT2D eigenvalue weighted by Gasteiger charge is 2.17. The second-order valence-corrected chi connectivity index (χ2v) is 5.20. The molecule has 126 valence electrons. The van der Waals surface area contributed by atoms with E-state index in [9.17, 15) is 18.8 Å². The summed E-state index contributed by atoms with van der Waals surface area (Å²) < 4.78 is 13.3. The van der Waals surface area contributed by atoms with Gasteiger partial charge in [-0.25, -0.2) is 9.18 Å². The van der Waals surface area contributed by atoms with Gasteiger partial charge in [0.1, 0.15) is 11.9 Å². The largest absolute Gasteiger partial charge is 0.366 e. The topological polar surface area (TPSA) is 113 Å². The Kier molecular flexibility index (Phi) is 6.49. The first kappa shape index (κ1) is 18.4. The van der Waals surface area contributed by atoms with Crippen LogP contribution in [0.1, 0.15) is 37.6 Å². The molecule has 0 aromatic heterocycles. The first-order valence-electron chi connectivity index (χ1n) is 7.21. The van der Waals surface area contributed by atoms with Crippen molar-refractivity contribution in [1.29, 1.82) is 0 Å². The predicted octanol–water partition coefficient (Wildman–Crippen LogP) is 1.35. The first-order chi connectivity index (χ1) is 10.7. The number of nitrogens with two attached hydrogens (primary N) is 1. The van der Waals surface area contributed by atoms with Crippen LogP contribution in [0.5, 0.6) is 0 Å². The molecular weight excluding hydrogens is 303 g/mol. The summed E-state index contributed by atoms with van der Waals surface area (Å²) in [5.41, 5.74) is 4.89. The number of urea groups is 1. The van der Waals surface area contributed by atoms with Gasteiger partial charge >= 0.3 is 6.03 Å². The van der Waals surface area contributed by atoms with Gasteiger partial charge in [-0.1, -0.05) is 6.92 Å². The monoisotopic (exact) mass is 324 g/mol. The summed E-state index contributed by atoms with van der Waals surface area (Å²) in [6.07, 6.45) is 0.774. The van der Waals surface area contributed by atoms with Crippen LogP contribution in [0.2, 0.25) is 0 Å². The van der Waals surface area contributed by atoms with E-state index < -0.39 is 23.8 Å². The van der Waals surface area contributed by atoms with Crippen molar-refractivity contribution in [2.45, 2.75) is 39.3 Å². The minimum Gasteiger partial charge on any atom is -0.366 e. The Morgan fingerprint density at radius 3 is 2.43 bits per heavy atom. The van der Waals surface area contributed by atoms with Gasteiger partial charge in [0.25, 0.3) is 5.91 Å². The number of benzene rings is 1. The second-order valence-electron chi connectivity index (χ2n) is 5.20. The Hall–Kier alpha value is -2.64. The van der Waals surface area contributed by atoms with Crippen molar-refractivity contribution < 1.29 is 18.8 Å². The van der Waals surface area contributed by atoms with E-state index in [1.807, 2.05) is 13.8 Å². The van der Waals surface area contributed by atoms with Crippen LogP contribution in [-0.2, 0) is 4.79 Å². The number of anilines is 1. The van der Waals surface area contributed by atoms with E-state index in [2.05, 4.69) is 16.0 Å². The van der Waals surface area contributed by atoms with Gasteiger partial charge in [0, 0.05) is 11.7 Å². The van der Waals surface area contributed by atoms with Crippen LogP contribution in [0.4, 0.5) is 14.9 Å². The number of carbonyl (C=O) groups is 3. The zero-order chi connectivity index (χ0) is 17.6. The van der Waals surface area contributed by atoms with E-state index in [0.29, 0.717) is 0 Å². The second kappa shape index (κ2) is 8.11. The zero-order valence-electron chi connectivity index (χ0n) is 13.3. The van der Waals surface area contributed by atoms with Gasteiger partial charge in [-0.05, 0) is 38.5 Å². The smallest absolute Gasteiger partial charge is 0.319 e. The molecule has 7 nitrogen and oxygen atoms in total. The zero-order valence-corrected chi connectivity index (χ0v) is 13.3. The molecule has 0 saturated carbocycles. The molecule has 4 amide bonds. The number of rotatable bonds is 6. The molecule has 1 aromatic carbocycles. The summed E-state index contributed by atoms with van der Waals surface area (Å²) in [5, 5.41) is 7.60. The third-order valence-electron chi connectivity index (χ3n) is 3.23. The average Bonchev–Trinajstić information content (AvgIpc) is 2.48. The molecule has 0 radical (unpaired) electrons. The fourth-order valence-corrected chi connectivity index (χ4v) is 1.69. The lowest BCUT2D eigenvalue weighted by Gasteiger charge is -2.17. The number of hydrogen-bond acceptors (Lipinski definition) is 3. The Labute approximate surface area is 133 Å². The maximum Gasteiger partial charge on any atom is 0.319 e. The van der Waals surface area contributed by atoms with Gasteiger partial charge in [-0.2, -0.15) is 0 Å². The summed E-state index contributed by atoms with van der Waals surface area (Å²) in [6, 6.07) is 2.03. The number of primary amides is 1. The molecule has 8 heteroatoms. The normalized spacial score (nSPS) is 12.9. The highest BCUT2D eigenvalue weighted by molar-refractivity contribution is 5.97. The van der Waals surface area contributed by atoms with Gasteiger partial charge in [0.15, 0.2) is 0 Å². The molecule has 2 atom stereocenters. The van der Waals surface area contributed by atoms with Crippen LogP contribution < -0.4 is 21.7 Å². The molecule has 0 aliphatic carbocycles. The van der Waals surface area contributed by atoms with Gasteiger partial charge in [-0.15, -0.1) is 0 Å². The minimum atomic E-state index is -0.937. The molecule has 0 heterocycles. The van der Waals surface area contributed by atoms with Crippen molar-refractivity contribution in [3.8, 4) is 0 Å². The molecule has 0 saturated heterocycles. The molecule has 0 fully saturated rings. The lowest BCUT2D eigenvalue weighted by atomic mass is 10.2. The summed E-state index contributed by atoms with van der Waals surface area (Å²) in [4.78, 5) is 34.7. The fraction of sp³-hybridized carbons (Fsp3) is 0.400. The molecule has 0 aliphatic rings. The highest BCUT2D eigenvalue weighted by atomic mass is 19.1. The maximum atomic E-state index is 13.3. The molecule has 2 unspecified atom stereocenters. The van der Waals surface area contributed by atoms with E-state index >= 15 is 0 Å². The summed E-state index contributed by atoms with van der Waals surface area (Å²) in [5.74, 6) is -2.02. The quantitative estimate of drug-likeness (QED) is 0.633. The maximum absolute atomic E-state index is 13.3. The SMILES string of the molecule is CCC(C)NC(=O)C(C)NC(=O)Nc1ccc(F)c(C(N)=O)c1. The van der Waals surface area contributed by atoms with Gasteiger partial charge in [0.05, 0.1) is 5.56 Å². The summed E-state index contributed by atoms with van der Waals surface area (Å²) in [6.45, 7) is 5.33. The Morgan fingerprint density at radius 1 is 1.22 bits per heavy atom. The number of carbonyl (C=O) groups excluding carboxylic acids is 3. The Morgan fingerprint density at radius 2 is 1.87 bits per heavy atom. The van der Waals surface area contributed by atoms with E-state index in [0.717, 1.165) is 18.6 Å². The molecule has 0 aliphatic heterocycles. The van der Waals surface area contributed by atoms with Gasteiger partial charge in [-0.3, -0.25) is 9.59 Å². The third-order valence-corrected chi connectivity index (χ3v) is 3.23. The van der Waals surface area contributed by atoms with Crippen LogP contribution in [0.15, 0.2) is 18.2 Å². The van der Waals surface area contributed by atoms with E-state index in [4.69, 9.17) is 5.73 Å². The van der Waals surface area contributed by atoms with Crippen LogP contribution >= 0.6 is 0 Å². The van der Waals surface area contributed by atoms with Crippen molar-refractivity contribution >= 4 is 23.5 Å². The number of amides is 4. The van der Waals surface area contributed by atoms with Crippen LogP contribution in [0, 0.1) is 5.82 Å². The molecule has 0 spiro atoms. The minimum absolute atomic E-state index is 0.00466. The summed E-state index contributed by atoms with van der Waals surface area (Å²) >= 11 is 0. The van der Waals surface area contributed by atoms with Gasteiger partial charge < -0.3 is 21.7 Å². The Balaban J connectivity index is 2.65. The van der Waals surface area contributed by atoms with Crippen LogP contribution in [-0.4, -0.2) is 29.9 Å². The van der Waals surface area contributed by atoms with Crippen molar-refractivity contribution in [3.63, 3.8) is 0 Å². The highest BCUT2D eigenvalue weighted by Crippen LogP contribution is 2.14. The lowest BCUT2D eigenvalue weighted by molar-refractivity contribution is -0.123. The molecule has 0 bridgehead atoms. The fourth-order valence-electron chi connectivity index (χ4n) is 1.69. The van der Waals surface area contributed by atoms with Gasteiger partial charge in [0.2, 0.25) is 5.91 Å². The number of hydrogen-bond donors (Lipinski definition) is 4. The van der Waals surface area contributed by atoms with Crippen molar-refractivity contribution in [2.24, 2.45) is 5.73 Å². The van der Waals surface area contributed by atoms with Crippen molar-refractivity contribution in [2.75, 3.05) is 5.32 Å². The summed E-state index contributed by atoms with van der Waals surface area (Å²) in [7, 11) is 0. The van der Waals surface area contributed by atoms with E-state index in [-0.39, 0.29) is 23.2 Å². The number of nitrogens with one attached hydrogen (secondary N) is 3. The van der Waals surface area contributed by atoms with Crippen LogP contribution in [0.3, 0.4) is 0 Å². The molecule has 23 heavy (non-hydrogen) atoms. The Bertz CT molecular complexity index is 606. The lowest BCUT2D eigenvalue weighted by Crippen LogP contribution is -2.48. The first-order valence-corrected chi connectivity index (χ1v) is 7.21. The molecule has 1 rings (SSSR count). The molecule has 5 N–H and O–H groups in total. The third kappa shape index (κ3) is 5.57. The molecule has 1 aromatic rings. The van der Waals surface area contributed by atoms with Crippen molar-refractivity contribution in [1.82, 2.24) is 10.6 Å². The van der Waals surface area contributed by atoms with E-state index in [1.54, 1.807) is 0 Å².